The molecule has 1 saturated carbocycles. The van der Waals surface area contributed by atoms with Gasteiger partial charge < -0.3 is 15.5 Å². The molecule has 0 spiro atoms. The monoisotopic (exact) mass is 337 g/mol. The van der Waals surface area contributed by atoms with E-state index in [4.69, 9.17) is 0 Å². The van der Waals surface area contributed by atoms with Crippen LogP contribution in [-0.4, -0.2) is 25.5 Å². The molecule has 0 bridgehead atoms. The van der Waals surface area contributed by atoms with E-state index in [2.05, 4.69) is 57.6 Å². The first kappa shape index (κ1) is 13.9. The van der Waals surface area contributed by atoms with Crippen molar-refractivity contribution in [3.05, 3.63) is 22.2 Å². The van der Waals surface area contributed by atoms with Gasteiger partial charge in [-0.25, -0.2) is 0 Å². The third-order valence-corrected chi connectivity index (χ3v) is 4.66. The van der Waals surface area contributed by atoms with Gasteiger partial charge in [-0.05, 0) is 53.9 Å². The highest BCUT2D eigenvalue weighted by Crippen LogP contribution is 2.41. The molecule has 5 heteroatoms. The van der Waals surface area contributed by atoms with E-state index in [0.717, 1.165) is 34.4 Å². The Morgan fingerprint density at radius 3 is 2.85 bits per heavy atom. The van der Waals surface area contributed by atoms with E-state index in [-0.39, 0.29) is 11.9 Å². The predicted molar refractivity (Wildman–Crippen MR) is 85.2 cm³/mol. The molecule has 2 aliphatic rings. The second kappa shape index (κ2) is 5.37. The van der Waals surface area contributed by atoms with Crippen LogP contribution in [0.15, 0.2) is 16.6 Å². The van der Waals surface area contributed by atoms with E-state index in [9.17, 15) is 4.79 Å². The summed E-state index contributed by atoms with van der Waals surface area (Å²) in [5.41, 5.74) is 3.14. The Labute approximate surface area is 128 Å². The highest BCUT2D eigenvalue weighted by atomic mass is 79.9. The number of fused-ring (bicyclic) bond motifs is 1. The summed E-state index contributed by atoms with van der Waals surface area (Å²) in [6.45, 7) is 2.95. The van der Waals surface area contributed by atoms with Gasteiger partial charge in [-0.1, -0.05) is 6.92 Å². The Morgan fingerprint density at radius 1 is 1.45 bits per heavy atom. The van der Waals surface area contributed by atoms with E-state index >= 15 is 0 Å². The first-order valence-corrected chi connectivity index (χ1v) is 8.01. The van der Waals surface area contributed by atoms with Gasteiger partial charge in [0, 0.05) is 28.8 Å². The first-order valence-electron chi connectivity index (χ1n) is 7.22. The van der Waals surface area contributed by atoms with Crippen LogP contribution >= 0.6 is 15.9 Å². The minimum atomic E-state index is -0.221. The Hall–Kier alpha value is -1.07. The van der Waals surface area contributed by atoms with E-state index in [1.807, 2.05) is 0 Å². The van der Waals surface area contributed by atoms with Crippen LogP contribution in [0.5, 0.6) is 0 Å². The topological polar surface area (TPSA) is 44.4 Å². The number of nitrogens with zero attached hydrogens (tertiary/aromatic N) is 1. The highest BCUT2D eigenvalue weighted by Gasteiger charge is 2.33. The molecule has 3 rings (SSSR count). The average Bonchev–Trinajstić information content (AvgIpc) is 3.21. The van der Waals surface area contributed by atoms with Crippen LogP contribution in [0, 0.1) is 0 Å². The molecule has 1 aromatic rings. The Balaban J connectivity index is 1.90. The van der Waals surface area contributed by atoms with Crippen molar-refractivity contribution in [1.29, 1.82) is 0 Å². The molecule has 1 unspecified atom stereocenters. The summed E-state index contributed by atoms with van der Waals surface area (Å²) in [7, 11) is 2.12. The van der Waals surface area contributed by atoms with Gasteiger partial charge in [-0.3, -0.25) is 4.79 Å². The zero-order chi connectivity index (χ0) is 14.3. The predicted octanol–water partition coefficient (Wildman–Crippen LogP) is 3.04. The number of nitrogens with one attached hydrogen (secondary N) is 2. The van der Waals surface area contributed by atoms with Crippen LogP contribution in [-0.2, 0) is 4.79 Å². The molecule has 4 nitrogen and oxygen atoms in total. The van der Waals surface area contributed by atoms with E-state index in [1.54, 1.807) is 0 Å². The molecule has 1 fully saturated rings. The molecule has 1 aliphatic carbocycles. The number of rotatable bonds is 5. The Morgan fingerprint density at radius 2 is 2.20 bits per heavy atom. The van der Waals surface area contributed by atoms with Gasteiger partial charge in [0.25, 0.3) is 0 Å². The summed E-state index contributed by atoms with van der Waals surface area (Å²) in [5.74, 6) is 0.0478. The maximum Gasteiger partial charge on any atom is 0.246 e. The van der Waals surface area contributed by atoms with E-state index in [1.165, 1.54) is 12.8 Å². The average molecular weight is 338 g/mol. The molecule has 20 heavy (non-hydrogen) atoms. The standard InChI is InChI=1S/C15H20BrN3O/c1-3-6-17-14-10-7-11(16)13(19(2)9-4-5-9)8-12(10)18-15(14)20/h7-9,14,17H,3-6H2,1-2H3,(H,18,20). The molecule has 0 radical (unpaired) electrons. The van der Waals surface area contributed by atoms with Crippen LogP contribution in [0.4, 0.5) is 11.4 Å². The number of hydrogen-bond donors (Lipinski definition) is 2. The van der Waals surface area contributed by atoms with Gasteiger partial charge in [0.15, 0.2) is 0 Å². The fourth-order valence-electron chi connectivity index (χ4n) is 2.69. The van der Waals surface area contributed by atoms with Crippen molar-refractivity contribution in [2.45, 2.75) is 38.3 Å². The summed E-state index contributed by atoms with van der Waals surface area (Å²) >= 11 is 3.65. The maximum atomic E-state index is 12.1. The van der Waals surface area contributed by atoms with Crippen LogP contribution in [0.3, 0.4) is 0 Å². The van der Waals surface area contributed by atoms with Gasteiger partial charge >= 0.3 is 0 Å². The molecule has 1 aromatic carbocycles. The Kier molecular flexibility index (Phi) is 3.73. The zero-order valence-corrected chi connectivity index (χ0v) is 13.5. The quantitative estimate of drug-likeness (QED) is 0.867. The fourth-order valence-corrected chi connectivity index (χ4v) is 3.33. The van der Waals surface area contributed by atoms with Gasteiger partial charge in [0.05, 0.1) is 5.69 Å². The summed E-state index contributed by atoms with van der Waals surface area (Å²) < 4.78 is 1.06. The lowest BCUT2D eigenvalue weighted by atomic mass is 10.1. The molecule has 0 aromatic heterocycles. The molecule has 1 amide bonds. The molecule has 0 saturated heterocycles. The summed E-state index contributed by atoms with van der Waals surface area (Å²) in [6, 6.07) is 4.59. The van der Waals surface area contributed by atoms with Crippen molar-refractivity contribution in [3.63, 3.8) is 0 Å². The van der Waals surface area contributed by atoms with Gasteiger partial charge in [0.1, 0.15) is 6.04 Å². The van der Waals surface area contributed by atoms with Crippen molar-refractivity contribution in [1.82, 2.24) is 5.32 Å². The van der Waals surface area contributed by atoms with Crippen LogP contribution < -0.4 is 15.5 Å². The number of carbonyl (C=O) groups excluding carboxylic acids is 1. The molecule has 1 aliphatic heterocycles. The number of carbonyl (C=O) groups is 1. The summed E-state index contributed by atoms with van der Waals surface area (Å²) in [4.78, 5) is 14.4. The van der Waals surface area contributed by atoms with Crippen LogP contribution in [0.1, 0.15) is 37.8 Å². The lowest BCUT2D eigenvalue weighted by Crippen LogP contribution is -2.28. The molecule has 108 valence electrons. The second-order valence-electron chi connectivity index (χ2n) is 5.61. The molecule has 1 atom stereocenters. The van der Waals surface area contributed by atoms with Crippen molar-refractivity contribution >= 4 is 33.2 Å². The number of benzene rings is 1. The third-order valence-electron chi connectivity index (χ3n) is 4.02. The van der Waals surface area contributed by atoms with Crippen LogP contribution in [0.25, 0.3) is 0 Å². The molecule has 1 heterocycles. The molecular weight excluding hydrogens is 318 g/mol. The van der Waals surface area contributed by atoms with Crippen molar-refractivity contribution < 1.29 is 4.79 Å². The SMILES string of the molecule is CCCNC1C(=O)Nc2cc(N(C)C3CC3)c(Br)cc21. The number of halogens is 1. The fraction of sp³-hybridized carbons (Fsp3) is 0.533. The van der Waals surface area contributed by atoms with Gasteiger partial charge in [0.2, 0.25) is 5.91 Å². The summed E-state index contributed by atoms with van der Waals surface area (Å²) in [6.07, 6.45) is 3.53. The smallest absolute Gasteiger partial charge is 0.246 e. The third kappa shape index (κ3) is 2.44. The van der Waals surface area contributed by atoms with Crippen molar-refractivity contribution in [2.24, 2.45) is 0 Å². The number of hydrogen-bond acceptors (Lipinski definition) is 3. The molecule has 2 N–H and O–H groups in total. The van der Waals surface area contributed by atoms with E-state index < -0.39 is 0 Å². The number of anilines is 2. The zero-order valence-electron chi connectivity index (χ0n) is 11.9. The lowest BCUT2D eigenvalue weighted by Gasteiger charge is -2.21. The van der Waals surface area contributed by atoms with Gasteiger partial charge in [-0.2, -0.15) is 0 Å². The van der Waals surface area contributed by atoms with Gasteiger partial charge in [-0.15, -0.1) is 0 Å². The minimum absolute atomic E-state index is 0.0478. The normalized spacial score (nSPS) is 20.8. The van der Waals surface area contributed by atoms with E-state index in [0.29, 0.717) is 6.04 Å². The van der Waals surface area contributed by atoms with Crippen LogP contribution in [0.2, 0.25) is 0 Å². The summed E-state index contributed by atoms with van der Waals surface area (Å²) in [5, 5.41) is 6.29. The van der Waals surface area contributed by atoms with Crippen molar-refractivity contribution in [3.8, 4) is 0 Å². The first-order chi connectivity index (χ1) is 9.61. The minimum Gasteiger partial charge on any atom is -0.371 e. The number of amides is 1. The Bertz CT molecular complexity index is 542. The lowest BCUT2D eigenvalue weighted by molar-refractivity contribution is -0.117. The maximum absolute atomic E-state index is 12.1. The largest absolute Gasteiger partial charge is 0.371 e. The molecular formula is C15H20BrN3O. The van der Waals surface area contributed by atoms with Crippen molar-refractivity contribution in [2.75, 3.05) is 23.8 Å². The second-order valence-corrected chi connectivity index (χ2v) is 6.46. The highest BCUT2D eigenvalue weighted by molar-refractivity contribution is 9.10.